The number of amides is 1. The molecule has 0 aliphatic carbocycles. The maximum absolute atomic E-state index is 12.0. The summed E-state index contributed by atoms with van der Waals surface area (Å²) in [5.74, 6) is -0.402. The van der Waals surface area contributed by atoms with Crippen molar-refractivity contribution in [3.8, 4) is 0 Å². The van der Waals surface area contributed by atoms with Crippen LogP contribution in [-0.2, 0) is 4.74 Å². The number of nitrogen functional groups attached to an aromatic ring is 1. The lowest BCUT2D eigenvalue weighted by molar-refractivity contribution is 0.0244. The highest BCUT2D eigenvalue weighted by molar-refractivity contribution is 6.34. The Morgan fingerprint density at radius 3 is 2.84 bits per heavy atom. The number of carbonyl (C=O) groups excluding carboxylic acids is 1. The molecule has 1 atom stereocenters. The Hall–Kier alpha value is -1.30. The number of anilines is 1. The summed E-state index contributed by atoms with van der Waals surface area (Å²) in [5.41, 5.74) is 5.21. The average Bonchev–Trinajstić information content (AvgIpc) is 2.34. The molecule has 1 unspecified atom stereocenters. The zero-order valence-electron chi connectivity index (χ0n) is 11.1. The van der Waals surface area contributed by atoms with Crippen molar-refractivity contribution in [2.75, 3.05) is 26.0 Å². The molecule has 4 N–H and O–H groups in total. The Morgan fingerprint density at radius 2 is 2.26 bits per heavy atom. The lowest BCUT2D eigenvalue weighted by Crippen LogP contribution is -2.41. The molecule has 0 heterocycles. The first-order valence-electron chi connectivity index (χ1n) is 5.91. The Bertz CT molecular complexity index is 429. The van der Waals surface area contributed by atoms with E-state index in [0.717, 1.165) is 0 Å². The third kappa shape index (κ3) is 4.70. The molecule has 1 rings (SSSR count). The summed E-state index contributed by atoms with van der Waals surface area (Å²) >= 11 is 5.93. The Balaban J connectivity index is 2.66. The summed E-state index contributed by atoms with van der Waals surface area (Å²) in [6, 6.07) is 4.86. The van der Waals surface area contributed by atoms with Crippen LogP contribution in [0.5, 0.6) is 0 Å². The zero-order valence-corrected chi connectivity index (χ0v) is 11.8. The SMILES string of the molecule is COCCC(C)(O)CNC(=O)c1c(N)cccc1Cl. The highest BCUT2D eigenvalue weighted by Gasteiger charge is 2.22. The molecule has 0 aromatic heterocycles. The van der Waals surface area contributed by atoms with Crippen LogP contribution in [0, 0.1) is 0 Å². The van der Waals surface area contributed by atoms with Crippen molar-refractivity contribution in [1.82, 2.24) is 5.32 Å². The summed E-state index contributed by atoms with van der Waals surface area (Å²) in [7, 11) is 1.55. The van der Waals surface area contributed by atoms with Gasteiger partial charge in [-0.3, -0.25) is 4.79 Å². The second-order valence-corrected chi connectivity index (χ2v) is 5.03. The molecule has 0 saturated heterocycles. The summed E-state index contributed by atoms with van der Waals surface area (Å²) < 4.78 is 4.89. The van der Waals surface area contributed by atoms with E-state index in [2.05, 4.69) is 5.32 Å². The molecule has 6 heteroatoms. The third-order valence-electron chi connectivity index (χ3n) is 2.75. The Labute approximate surface area is 117 Å². The topological polar surface area (TPSA) is 84.6 Å². The molecule has 0 fully saturated rings. The lowest BCUT2D eigenvalue weighted by Gasteiger charge is -2.23. The fourth-order valence-corrected chi connectivity index (χ4v) is 1.82. The molecule has 0 spiro atoms. The minimum absolute atomic E-state index is 0.0971. The molecule has 0 aliphatic rings. The number of benzene rings is 1. The van der Waals surface area contributed by atoms with Crippen LogP contribution in [0.2, 0.25) is 5.02 Å². The molecule has 5 nitrogen and oxygen atoms in total. The van der Waals surface area contributed by atoms with Gasteiger partial charge in [-0.25, -0.2) is 0 Å². The first-order valence-corrected chi connectivity index (χ1v) is 6.28. The van der Waals surface area contributed by atoms with Gasteiger partial charge in [-0.05, 0) is 19.1 Å². The van der Waals surface area contributed by atoms with Gasteiger partial charge in [0.25, 0.3) is 5.91 Å². The minimum Gasteiger partial charge on any atom is -0.398 e. The van der Waals surface area contributed by atoms with Gasteiger partial charge in [-0.15, -0.1) is 0 Å². The van der Waals surface area contributed by atoms with Crippen molar-refractivity contribution in [2.45, 2.75) is 18.9 Å². The number of halogens is 1. The number of hydrogen-bond donors (Lipinski definition) is 3. The molecule has 19 heavy (non-hydrogen) atoms. The van der Waals surface area contributed by atoms with Crippen molar-refractivity contribution < 1.29 is 14.6 Å². The quantitative estimate of drug-likeness (QED) is 0.691. The average molecular weight is 287 g/mol. The molecule has 1 amide bonds. The molecule has 1 aromatic carbocycles. The van der Waals surface area contributed by atoms with Crippen LogP contribution < -0.4 is 11.1 Å². The summed E-state index contributed by atoms with van der Waals surface area (Å²) in [6.07, 6.45) is 0.418. The molecule has 0 saturated carbocycles. The number of ether oxygens (including phenoxy) is 1. The standard InChI is InChI=1S/C13H19ClN2O3/c1-13(18,6-7-19-2)8-16-12(17)11-9(14)4-3-5-10(11)15/h3-5,18H,6-8,15H2,1-2H3,(H,16,17). The van der Waals surface area contributed by atoms with Gasteiger partial charge in [0, 0.05) is 32.4 Å². The molecule has 106 valence electrons. The number of hydrogen-bond acceptors (Lipinski definition) is 4. The predicted molar refractivity (Wildman–Crippen MR) is 75.3 cm³/mol. The van der Waals surface area contributed by atoms with Crippen LogP contribution in [0.25, 0.3) is 0 Å². The van der Waals surface area contributed by atoms with E-state index in [1.165, 1.54) is 0 Å². The molecule has 0 bridgehead atoms. The van der Waals surface area contributed by atoms with Crippen molar-refractivity contribution >= 4 is 23.2 Å². The first-order chi connectivity index (χ1) is 8.87. The van der Waals surface area contributed by atoms with E-state index in [9.17, 15) is 9.90 Å². The number of methoxy groups -OCH3 is 1. The van der Waals surface area contributed by atoms with E-state index in [1.807, 2.05) is 0 Å². The molecule has 0 radical (unpaired) electrons. The maximum atomic E-state index is 12.0. The van der Waals surface area contributed by atoms with Crippen molar-refractivity contribution in [3.05, 3.63) is 28.8 Å². The van der Waals surface area contributed by atoms with Crippen LogP contribution in [0.3, 0.4) is 0 Å². The predicted octanol–water partition coefficient (Wildman–Crippen LogP) is 1.44. The second kappa shape index (κ2) is 6.75. The van der Waals surface area contributed by atoms with Crippen molar-refractivity contribution in [2.24, 2.45) is 0 Å². The van der Waals surface area contributed by atoms with Crippen molar-refractivity contribution in [3.63, 3.8) is 0 Å². The second-order valence-electron chi connectivity index (χ2n) is 4.63. The molecule has 1 aromatic rings. The number of nitrogens with two attached hydrogens (primary N) is 1. The maximum Gasteiger partial charge on any atom is 0.254 e. The van der Waals surface area contributed by atoms with Gasteiger partial charge in [0.05, 0.1) is 16.2 Å². The summed E-state index contributed by atoms with van der Waals surface area (Å²) in [5, 5.41) is 12.9. The number of rotatable bonds is 6. The smallest absolute Gasteiger partial charge is 0.254 e. The van der Waals surface area contributed by atoms with Crippen LogP contribution in [0.4, 0.5) is 5.69 Å². The minimum atomic E-state index is -1.04. The monoisotopic (exact) mass is 286 g/mol. The van der Waals surface area contributed by atoms with Crippen LogP contribution in [-0.4, -0.2) is 36.9 Å². The fourth-order valence-electron chi connectivity index (χ4n) is 1.55. The largest absolute Gasteiger partial charge is 0.398 e. The van der Waals surface area contributed by atoms with Crippen LogP contribution >= 0.6 is 11.6 Å². The molecular formula is C13H19ClN2O3. The van der Waals surface area contributed by atoms with E-state index in [1.54, 1.807) is 32.2 Å². The lowest BCUT2D eigenvalue weighted by atomic mass is 10.0. The highest BCUT2D eigenvalue weighted by Crippen LogP contribution is 2.21. The Morgan fingerprint density at radius 1 is 1.58 bits per heavy atom. The van der Waals surface area contributed by atoms with Gasteiger partial charge in [0.15, 0.2) is 0 Å². The molecular weight excluding hydrogens is 268 g/mol. The van der Waals surface area contributed by atoms with Gasteiger partial charge in [0.2, 0.25) is 0 Å². The number of carbonyl (C=O) groups is 1. The van der Waals surface area contributed by atoms with Gasteiger partial charge in [0.1, 0.15) is 0 Å². The van der Waals surface area contributed by atoms with Gasteiger partial charge in [-0.1, -0.05) is 17.7 Å². The highest BCUT2D eigenvalue weighted by atomic mass is 35.5. The Kier molecular flexibility index (Phi) is 5.60. The van der Waals surface area contributed by atoms with Gasteiger partial charge in [-0.2, -0.15) is 0 Å². The summed E-state index contributed by atoms with van der Waals surface area (Å²) in [6.45, 7) is 2.14. The van der Waals surface area contributed by atoms with Crippen LogP contribution in [0.1, 0.15) is 23.7 Å². The number of aliphatic hydroxyl groups is 1. The zero-order chi connectivity index (χ0) is 14.5. The summed E-state index contributed by atoms with van der Waals surface area (Å²) in [4.78, 5) is 12.0. The van der Waals surface area contributed by atoms with E-state index in [4.69, 9.17) is 22.1 Å². The van der Waals surface area contributed by atoms with E-state index in [-0.39, 0.29) is 17.1 Å². The third-order valence-corrected chi connectivity index (χ3v) is 3.06. The van der Waals surface area contributed by atoms with Gasteiger partial charge < -0.3 is 20.9 Å². The van der Waals surface area contributed by atoms with Gasteiger partial charge >= 0.3 is 0 Å². The van der Waals surface area contributed by atoms with Crippen LogP contribution in [0.15, 0.2) is 18.2 Å². The normalized spacial score (nSPS) is 13.9. The van der Waals surface area contributed by atoms with E-state index >= 15 is 0 Å². The van der Waals surface area contributed by atoms with Crippen molar-refractivity contribution in [1.29, 1.82) is 0 Å². The first kappa shape index (κ1) is 15.8. The fraction of sp³-hybridized carbons (Fsp3) is 0.462. The number of nitrogens with one attached hydrogen (secondary N) is 1. The van der Waals surface area contributed by atoms with E-state index in [0.29, 0.717) is 18.7 Å². The molecule has 0 aliphatic heterocycles. The van der Waals surface area contributed by atoms with E-state index < -0.39 is 11.5 Å².